The van der Waals surface area contributed by atoms with E-state index >= 15 is 0 Å². The Bertz CT molecular complexity index is 1070. The van der Waals surface area contributed by atoms with Crippen LogP contribution < -0.4 is 4.74 Å². The zero-order chi connectivity index (χ0) is 22.4. The van der Waals surface area contributed by atoms with E-state index in [1.807, 2.05) is 36.4 Å². The number of aromatic nitrogens is 1. The van der Waals surface area contributed by atoms with Crippen LogP contribution in [0.5, 0.6) is 5.75 Å². The molecule has 3 aromatic rings. The van der Waals surface area contributed by atoms with Crippen LogP contribution >= 0.6 is 22.9 Å². The van der Waals surface area contributed by atoms with Crippen LogP contribution in [0.1, 0.15) is 50.6 Å². The van der Waals surface area contributed by atoms with Gasteiger partial charge < -0.3 is 10.1 Å². The molecule has 0 aliphatic heterocycles. The van der Waals surface area contributed by atoms with E-state index in [-0.39, 0.29) is 12.0 Å². The Kier molecular flexibility index (Phi) is 8.18. The molecule has 164 valence electrons. The molecule has 0 aliphatic carbocycles. The van der Waals surface area contributed by atoms with Gasteiger partial charge >= 0.3 is 5.97 Å². The summed E-state index contributed by atoms with van der Waals surface area (Å²) in [5.41, 5.74) is 2.51. The minimum atomic E-state index is -0.320. The first-order chi connectivity index (χ1) is 14.9. The lowest BCUT2D eigenvalue weighted by molar-refractivity contribution is -0.131. The normalized spacial score (nSPS) is 12.3. The number of unbranched alkanes of at least 4 members (excludes halogenated alkanes) is 1. The number of ether oxygens (including phenoxy) is 1. The van der Waals surface area contributed by atoms with Crippen molar-refractivity contribution in [1.29, 1.82) is 5.41 Å². The van der Waals surface area contributed by atoms with E-state index in [1.54, 1.807) is 6.07 Å². The van der Waals surface area contributed by atoms with E-state index in [0.717, 1.165) is 46.7 Å². The first-order valence-electron chi connectivity index (χ1n) is 10.5. The molecule has 7 heteroatoms. The van der Waals surface area contributed by atoms with Gasteiger partial charge in [0.25, 0.3) is 0 Å². The van der Waals surface area contributed by atoms with Crippen molar-refractivity contribution in [3.8, 4) is 5.75 Å². The molecule has 1 atom stereocenters. The minimum absolute atomic E-state index is 0.173. The molecule has 0 bridgehead atoms. The fourth-order valence-corrected chi connectivity index (χ4v) is 4.66. The Morgan fingerprint density at radius 3 is 2.84 bits per heavy atom. The molecule has 3 rings (SSSR count). The molecular formula is C24H28ClN3O2S. The number of carbonyl (C=O) groups is 1. The summed E-state index contributed by atoms with van der Waals surface area (Å²) in [5, 5.41) is 10.1. The second-order valence-electron chi connectivity index (χ2n) is 7.73. The maximum atomic E-state index is 11.3. The van der Waals surface area contributed by atoms with Gasteiger partial charge in [-0.1, -0.05) is 37.1 Å². The maximum absolute atomic E-state index is 11.3. The number of rotatable bonds is 10. The van der Waals surface area contributed by atoms with E-state index in [1.165, 1.54) is 18.3 Å². The van der Waals surface area contributed by atoms with Crippen molar-refractivity contribution >= 4 is 44.8 Å². The van der Waals surface area contributed by atoms with Gasteiger partial charge in [-0.3, -0.25) is 9.69 Å². The number of carbonyl (C=O) groups excluding carboxylic acids is 1. The number of thiazole rings is 1. The number of hydrogen-bond donors (Lipinski definition) is 1. The molecule has 1 heterocycles. The van der Waals surface area contributed by atoms with Crippen molar-refractivity contribution in [2.45, 2.75) is 52.6 Å². The summed E-state index contributed by atoms with van der Waals surface area (Å²) in [6.07, 6.45) is 2.80. The predicted molar refractivity (Wildman–Crippen MR) is 129 cm³/mol. The zero-order valence-electron chi connectivity index (χ0n) is 18.2. The molecule has 31 heavy (non-hydrogen) atoms. The van der Waals surface area contributed by atoms with Crippen molar-refractivity contribution in [3.05, 3.63) is 58.1 Å². The monoisotopic (exact) mass is 457 g/mol. The van der Waals surface area contributed by atoms with Gasteiger partial charge in [-0.2, -0.15) is 0 Å². The van der Waals surface area contributed by atoms with Crippen molar-refractivity contribution in [2.24, 2.45) is 0 Å². The molecule has 0 spiro atoms. The van der Waals surface area contributed by atoms with E-state index < -0.39 is 0 Å². The number of benzene rings is 2. The molecule has 0 radical (unpaired) electrons. The van der Waals surface area contributed by atoms with Gasteiger partial charge in [-0.15, -0.1) is 11.3 Å². The van der Waals surface area contributed by atoms with Crippen LogP contribution in [0.15, 0.2) is 42.5 Å². The standard InChI is InChI=1S/C24H28ClN3O2S/c1-4-5-11-28(15-18-7-6-8-20(13-18)30-17(3)29)16(2)12-21(26)24-27-22-10-9-19(25)14-23(22)31-24/h6-10,13-14,16,26H,4-5,11-12,15H2,1-3H3. The highest BCUT2D eigenvalue weighted by Gasteiger charge is 2.19. The SMILES string of the molecule is CCCCN(Cc1cccc(OC(C)=O)c1)C(C)CC(=N)c1nc2ccc(Cl)cc2s1. The lowest BCUT2D eigenvalue weighted by Crippen LogP contribution is -2.35. The summed E-state index contributed by atoms with van der Waals surface area (Å²) < 4.78 is 6.23. The Morgan fingerprint density at radius 1 is 1.29 bits per heavy atom. The lowest BCUT2D eigenvalue weighted by Gasteiger charge is -2.29. The van der Waals surface area contributed by atoms with Gasteiger partial charge in [-0.05, 0) is 55.8 Å². The minimum Gasteiger partial charge on any atom is -0.427 e. The first-order valence-corrected chi connectivity index (χ1v) is 11.7. The number of nitrogens with zero attached hydrogens (tertiary/aromatic N) is 2. The highest BCUT2D eigenvalue weighted by Crippen LogP contribution is 2.27. The number of halogens is 1. The van der Waals surface area contributed by atoms with Gasteiger partial charge in [-0.25, -0.2) is 4.98 Å². The van der Waals surface area contributed by atoms with Gasteiger partial charge in [0.15, 0.2) is 0 Å². The smallest absolute Gasteiger partial charge is 0.308 e. The first kappa shape index (κ1) is 23.4. The van der Waals surface area contributed by atoms with Crippen LogP contribution in [0, 0.1) is 5.41 Å². The molecule has 2 aromatic carbocycles. The summed E-state index contributed by atoms with van der Waals surface area (Å²) in [6, 6.07) is 13.5. The molecule has 0 fully saturated rings. The predicted octanol–water partition coefficient (Wildman–Crippen LogP) is 6.32. The molecule has 5 nitrogen and oxygen atoms in total. The highest BCUT2D eigenvalue weighted by atomic mass is 35.5. The fourth-order valence-electron chi connectivity index (χ4n) is 3.46. The summed E-state index contributed by atoms with van der Waals surface area (Å²) >= 11 is 7.60. The van der Waals surface area contributed by atoms with Crippen molar-refractivity contribution in [2.75, 3.05) is 6.54 Å². The third-order valence-electron chi connectivity index (χ3n) is 5.08. The molecule has 1 N–H and O–H groups in total. The van der Waals surface area contributed by atoms with Crippen LogP contribution in [0.4, 0.5) is 0 Å². The summed E-state index contributed by atoms with van der Waals surface area (Å²) in [5.74, 6) is 0.243. The molecule has 0 aliphatic rings. The average molecular weight is 458 g/mol. The lowest BCUT2D eigenvalue weighted by atomic mass is 10.1. The molecule has 0 saturated heterocycles. The Labute approximate surface area is 192 Å². The van der Waals surface area contributed by atoms with E-state index in [2.05, 4.69) is 23.7 Å². The van der Waals surface area contributed by atoms with Crippen LogP contribution in [0.25, 0.3) is 10.2 Å². The van der Waals surface area contributed by atoms with E-state index in [4.69, 9.17) is 21.7 Å². The average Bonchev–Trinajstić information content (AvgIpc) is 3.14. The van der Waals surface area contributed by atoms with E-state index in [9.17, 15) is 4.79 Å². The van der Waals surface area contributed by atoms with E-state index in [0.29, 0.717) is 22.9 Å². The Balaban J connectivity index is 1.71. The number of nitrogens with one attached hydrogen (secondary N) is 1. The molecule has 1 unspecified atom stereocenters. The van der Waals surface area contributed by atoms with Crippen molar-refractivity contribution in [1.82, 2.24) is 9.88 Å². The van der Waals surface area contributed by atoms with Crippen LogP contribution in [0.2, 0.25) is 5.02 Å². The topological polar surface area (TPSA) is 66.3 Å². The molecule has 0 saturated carbocycles. The quantitative estimate of drug-likeness (QED) is 0.219. The van der Waals surface area contributed by atoms with Gasteiger partial charge in [0.2, 0.25) is 0 Å². The van der Waals surface area contributed by atoms with Crippen molar-refractivity contribution < 1.29 is 9.53 Å². The summed E-state index contributed by atoms with van der Waals surface area (Å²) in [7, 11) is 0. The zero-order valence-corrected chi connectivity index (χ0v) is 19.7. The van der Waals surface area contributed by atoms with Gasteiger partial charge in [0, 0.05) is 31.0 Å². The van der Waals surface area contributed by atoms with Gasteiger partial charge in [0.1, 0.15) is 10.8 Å². The third-order valence-corrected chi connectivity index (χ3v) is 6.39. The summed E-state index contributed by atoms with van der Waals surface area (Å²) in [6.45, 7) is 7.42. The molecular weight excluding hydrogens is 430 g/mol. The third kappa shape index (κ3) is 6.60. The van der Waals surface area contributed by atoms with Crippen LogP contribution in [0.3, 0.4) is 0 Å². The second kappa shape index (κ2) is 10.8. The highest BCUT2D eigenvalue weighted by molar-refractivity contribution is 7.20. The second-order valence-corrected chi connectivity index (χ2v) is 9.19. The number of fused-ring (bicyclic) bond motifs is 1. The largest absolute Gasteiger partial charge is 0.427 e. The Morgan fingerprint density at radius 2 is 2.10 bits per heavy atom. The molecule has 1 aromatic heterocycles. The van der Waals surface area contributed by atoms with Crippen molar-refractivity contribution in [3.63, 3.8) is 0 Å². The summed E-state index contributed by atoms with van der Waals surface area (Å²) in [4.78, 5) is 18.3. The van der Waals surface area contributed by atoms with Crippen LogP contribution in [-0.2, 0) is 11.3 Å². The number of hydrogen-bond acceptors (Lipinski definition) is 6. The molecule has 0 amide bonds. The van der Waals surface area contributed by atoms with Crippen LogP contribution in [-0.4, -0.2) is 34.2 Å². The van der Waals surface area contributed by atoms with Gasteiger partial charge in [0.05, 0.1) is 15.9 Å². The number of esters is 1. The Hall–Kier alpha value is -2.28. The fraction of sp³-hybridized carbons (Fsp3) is 0.375. The maximum Gasteiger partial charge on any atom is 0.308 e.